The fourth-order valence-corrected chi connectivity index (χ4v) is 2.73. The summed E-state index contributed by atoms with van der Waals surface area (Å²) in [6.45, 7) is 1.98. The topological polar surface area (TPSA) is 66.0 Å². The Bertz CT molecular complexity index is 760. The van der Waals surface area contributed by atoms with Crippen LogP contribution in [-0.2, 0) is 4.79 Å². The summed E-state index contributed by atoms with van der Waals surface area (Å²) in [5.74, 6) is 2.47. The van der Waals surface area contributed by atoms with E-state index in [-0.39, 0.29) is 11.8 Å². The molecule has 2 rings (SSSR count). The molecule has 1 unspecified atom stereocenters. The number of carbonyl (C=O) groups is 1. The summed E-state index contributed by atoms with van der Waals surface area (Å²) >= 11 is 0. The lowest BCUT2D eigenvalue weighted by molar-refractivity contribution is -0.116. The molecule has 0 aliphatic rings. The summed E-state index contributed by atoms with van der Waals surface area (Å²) < 4.78 is 21.1. The molecule has 0 fully saturated rings. The van der Waals surface area contributed by atoms with Gasteiger partial charge in [-0.05, 0) is 29.7 Å². The highest BCUT2D eigenvalue weighted by molar-refractivity contribution is 5.93. The summed E-state index contributed by atoms with van der Waals surface area (Å²) in [6.07, 6.45) is 0.295. The quantitative estimate of drug-likeness (QED) is 0.775. The van der Waals surface area contributed by atoms with Crippen LogP contribution >= 0.6 is 0 Å². The van der Waals surface area contributed by atoms with Gasteiger partial charge < -0.3 is 24.3 Å². The van der Waals surface area contributed by atoms with Crippen LogP contribution in [0.2, 0.25) is 0 Å². The van der Waals surface area contributed by atoms with Gasteiger partial charge in [-0.1, -0.05) is 13.0 Å². The van der Waals surface area contributed by atoms with Crippen LogP contribution in [0.1, 0.15) is 24.8 Å². The molecule has 6 nitrogen and oxygen atoms in total. The molecule has 0 aliphatic heterocycles. The number of rotatable bonds is 8. The first-order valence-corrected chi connectivity index (χ1v) is 8.26. The number of hydrogen-bond acceptors (Lipinski definition) is 5. The number of carbonyl (C=O) groups excluding carboxylic acids is 1. The van der Waals surface area contributed by atoms with Crippen LogP contribution in [0.25, 0.3) is 0 Å². The first-order chi connectivity index (χ1) is 12.5. The van der Waals surface area contributed by atoms with Gasteiger partial charge in [0.25, 0.3) is 0 Å². The van der Waals surface area contributed by atoms with Crippen molar-refractivity contribution in [3.8, 4) is 23.0 Å². The Morgan fingerprint density at radius 1 is 0.885 bits per heavy atom. The van der Waals surface area contributed by atoms with Crippen molar-refractivity contribution in [3.05, 3.63) is 42.0 Å². The summed E-state index contributed by atoms with van der Waals surface area (Å²) in [4.78, 5) is 12.5. The van der Waals surface area contributed by atoms with Gasteiger partial charge in [0.05, 0.1) is 34.1 Å². The molecule has 0 radical (unpaired) electrons. The zero-order chi connectivity index (χ0) is 19.1. The van der Waals surface area contributed by atoms with Crippen molar-refractivity contribution < 1.29 is 23.7 Å². The summed E-state index contributed by atoms with van der Waals surface area (Å²) in [5.41, 5.74) is 1.52. The predicted molar refractivity (Wildman–Crippen MR) is 101 cm³/mol. The van der Waals surface area contributed by atoms with Gasteiger partial charge in [0.15, 0.2) is 0 Å². The molecule has 2 aromatic carbocycles. The van der Waals surface area contributed by atoms with Crippen molar-refractivity contribution in [2.75, 3.05) is 33.8 Å². The number of benzene rings is 2. The monoisotopic (exact) mass is 359 g/mol. The van der Waals surface area contributed by atoms with E-state index in [0.717, 1.165) is 5.56 Å². The van der Waals surface area contributed by atoms with Gasteiger partial charge >= 0.3 is 0 Å². The normalized spacial score (nSPS) is 11.4. The standard InChI is InChI=1S/C20H25NO5/c1-13(16-8-6-15(24-3)12-19(16)26-5)10-20(22)21-17-11-14(23-2)7-9-18(17)25-4/h6-9,11-13H,10H2,1-5H3,(H,21,22). The Hall–Kier alpha value is -2.89. The zero-order valence-electron chi connectivity index (χ0n) is 15.8. The van der Waals surface area contributed by atoms with Gasteiger partial charge in [-0.3, -0.25) is 4.79 Å². The van der Waals surface area contributed by atoms with Gasteiger partial charge in [-0.25, -0.2) is 0 Å². The fraction of sp³-hybridized carbons (Fsp3) is 0.350. The molecular formula is C20H25NO5. The highest BCUT2D eigenvalue weighted by Gasteiger charge is 2.17. The smallest absolute Gasteiger partial charge is 0.225 e. The lowest BCUT2D eigenvalue weighted by Gasteiger charge is -2.17. The average molecular weight is 359 g/mol. The fourth-order valence-electron chi connectivity index (χ4n) is 2.73. The minimum absolute atomic E-state index is 0.0348. The maximum atomic E-state index is 12.5. The van der Waals surface area contributed by atoms with E-state index in [1.54, 1.807) is 46.6 Å². The lowest BCUT2D eigenvalue weighted by atomic mass is 9.96. The highest BCUT2D eigenvalue weighted by atomic mass is 16.5. The van der Waals surface area contributed by atoms with Crippen LogP contribution in [0, 0.1) is 0 Å². The van der Waals surface area contributed by atoms with Gasteiger partial charge in [-0.15, -0.1) is 0 Å². The van der Waals surface area contributed by atoms with Crippen LogP contribution in [0.4, 0.5) is 5.69 Å². The Kier molecular flexibility index (Phi) is 6.72. The largest absolute Gasteiger partial charge is 0.497 e. The van der Waals surface area contributed by atoms with Crippen LogP contribution < -0.4 is 24.3 Å². The molecule has 26 heavy (non-hydrogen) atoms. The molecule has 0 heterocycles. The number of hydrogen-bond donors (Lipinski definition) is 1. The van der Waals surface area contributed by atoms with Crippen molar-refractivity contribution in [2.45, 2.75) is 19.3 Å². The van der Waals surface area contributed by atoms with Crippen molar-refractivity contribution in [2.24, 2.45) is 0 Å². The van der Waals surface area contributed by atoms with Gasteiger partial charge in [0.2, 0.25) is 5.91 Å². The van der Waals surface area contributed by atoms with Crippen LogP contribution in [-0.4, -0.2) is 34.3 Å². The van der Waals surface area contributed by atoms with Gasteiger partial charge in [0, 0.05) is 18.6 Å². The molecule has 0 saturated heterocycles. The minimum atomic E-state index is -0.123. The highest BCUT2D eigenvalue weighted by Crippen LogP contribution is 2.33. The molecular weight excluding hydrogens is 334 g/mol. The molecule has 1 amide bonds. The molecule has 1 N–H and O–H groups in total. The maximum absolute atomic E-state index is 12.5. The van der Waals surface area contributed by atoms with E-state index in [4.69, 9.17) is 18.9 Å². The molecule has 0 saturated carbocycles. The maximum Gasteiger partial charge on any atom is 0.225 e. The second-order valence-electron chi connectivity index (χ2n) is 5.83. The van der Waals surface area contributed by atoms with E-state index >= 15 is 0 Å². The Morgan fingerprint density at radius 2 is 1.50 bits per heavy atom. The molecule has 2 aromatic rings. The van der Waals surface area contributed by atoms with Crippen molar-refractivity contribution in [3.63, 3.8) is 0 Å². The third kappa shape index (κ3) is 4.59. The second kappa shape index (κ2) is 8.99. The Labute approximate surface area is 154 Å². The molecule has 0 aromatic heterocycles. The summed E-state index contributed by atoms with van der Waals surface area (Å²) in [6, 6.07) is 10.9. The number of anilines is 1. The van der Waals surface area contributed by atoms with E-state index in [1.165, 1.54) is 0 Å². The second-order valence-corrected chi connectivity index (χ2v) is 5.83. The summed E-state index contributed by atoms with van der Waals surface area (Å²) in [7, 11) is 6.34. The third-order valence-electron chi connectivity index (χ3n) is 4.14. The predicted octanol–water partition coefficient (Wildman–Crippen LogP) is 3.85. The van der Waals surface area contributed by atoms with E-state index < -0.39 is 0 Å². The molecule has 6 heteroatoms. The van der Waals surface area contributed by atoms with E-state index in [1.807, 2.05) is 25.1 Å². The van der Waals surface area contributed by atoms with Crippen LogP contribution in [0.5, 0.6) is 23.0 Å². The first-order valence-electron chi connectivity index (χ1n) is 8.26. The number of nitrogens with one attached hydrogen (secondary N) is 1. The van der Waals surface area contributed by atoms with Gasteiger partial charge in [-0.2, -0.15) is 0 Å². The first kappa shape index (κ1) is 19.4. The molecule has 0 aliphatic carbocycles. The Morgan fingerprint density at radius 3 is 2.12 bits per heavy atom. The van der Waals surface area contributed by atoms with Crippen LogP contribution in [0.15, 0.2) is 36.4 Å². The van der Waals surface area contributed by atoms with Crippen molar-refractivity contribution in [1.82, 2.24) is 0 Å². The third-order valence-corrected chi connectivity index (χ3v) is 4.14. The van der Waals surface area contributed by atoms with Crippen LogP contribution in [0.3, 0.4) is 0 Å². The average Bonchev–Trinajstić information content (AvgIpc) is 2.66. The minimum Gasteiger partial charge on any atom is -0.497 e. The Balaban J connectivity index is 2.13. The van der Waals surface area contributed by atoms with E-state index in [9.17, 15) is 4.79 Å². The molecule has 1 atom stereocenters. The van der Waals surface area contributed by atoms with Crippen molar-refractivity contribution >= 4 is 11.6 Å². The van der Waals surface area contributed by atoms with Gasteiger partial charge in [0.1, 0.15) is 23.0 Å². The number of amides is 1. The zero-order valence-corrected chi connectivity index (χ0v) is 15.8. The molecule has 0 bridgehead atoms. The molecule has 0 spiro atoms. The lowest BCUT2D eigenvalue weighted by Crippen LogP contribution is -2.15. The van der Waals surface area contributed by atoms with Crippen molar-refractivity contribution in [1.29, 1.82) is 0 Å². The SMILES string of the molecule is COc1ccc(OC)c(NC(=O)CC(C)c2ccc(OC)cc2OC)c1. The number of methoxy groups -OCH3 is 4. The molecule has 140 valence electrons. The number of ether oxygens (including phenoxy) is 4. The van der Waals surface area contributed by atoms with E-state index in [2.05, 4.69) is 5.32 Å². The summed E-state index contributed by atoms with van der Waals surface area (Å²) in [5, 5.41) is 2.89. The van der Waals surface area contributed by atoms with E-state index in [0.29, 0.717) is 35.1 Å².